The van der Waals surface area contributed by atoms with Gasteiger partial charge >= 0.3 is 0 Å². The van der Waals surface area contributed by atoms with Crippen LogP contribution in [0.2, 0.25) is 0 Å². The number of benzene rings is 1. The van der Waals surface area contributed by atoms with E-state index in [0.29, 0.717) is 29.1 Å². The van der Waals surface area contributed by atoms with Gasteiger partial charge in [-0.3, -0.25) is 5.10 Å². The molecule has 8 nitrogen and oxygen atoms in total. The van der Waals surface area contributed by atoms with Crippen LogP contribution in [0.25, 0.3) is 12.2 Å². The van der Waals surface area contributed by atoms with Crippen LogP contribution in [-0.4, -0.2) is 63.3 Å². The summed E-state index contributed by atoms with van der Waals surface area (Å²) in [6.45, 7) is 5.46. The molecule has 2 aromatic heterocycles. The van der Waals surface area contributed by atoms with E-state index in [-0.39, 0.29) is 5.82 Å². The van der Waals surface area contributed by atoms with Gasteiger partial charge in [0.05, 0.1) is 0 Å². The maximum Gasteiger partial charge on any atom is 0.233 e. The van der Waals surface area contributed by atoms with Gasteiger partial charge in [0.1, 0.15) is 5.82 Å². The third kappa shape index (κ3) is 4.75. The molecule has 1 fully saturated rings. The van der Waals surface area contributed by atoms with Crippen LogP contribution < -0.4 is 10.2 Å². The van der Waals surface area contributed by atoms with Gasteiger partial charge < -0.3 is 15.1 Å². The lowest BCUT2D eigenvalue weighted by Gasteiger charge is -2.32. The second-order valence-electron chi connectivity index (χ2n) is 7.02. The fraction of sp³-hybridized carbons (Fsp3) is 0.300. The smallest absolute Gasteiger partial charge is 0.233 e. The van der Waals surface area contributed by atoms with Crippen LogP contribution in [0.15, 0.2) is 30.3 Å². The molecule has 9 heteroatoms. The van der Waals surface area contributed by atoms with Crippen LogP contribution in [0.5, 0.6) is 0 Å². The normalized spacial score (nSPS) is 15.2. The first-order valence-electron chi connectivity index (χ1n) is 9.48. The Morgan fingerprint density at radius 3 is 2.59 bits per heavy atom. The van der Waals surface area contributed by atoms with E-state index in [4.69, 9.17) is 0 Å². The predicted molar refractivity (Wildman–Crippen MR) is 111 cm³/mol. The third-order valence-corrected chi connectivity index (χ3v) is 4.69. The number of aromatic amines is 1. The first-order valence-corrected chi connectivity index (χ1v) is 9.48. The molecule has 0 amide bonds. The number of halogens is 1. The summed E-state index contributed by atoms with van der Waals surface area (Å²) >= 11 is 0. The van der Waals surface area contributed by atoms with Crippen molar-refractivity contribution < 1.29 is 4.39 Å². The first kappa shape index (κ1) is 19.0. The van der Waals surface area contributed by atoms with Crippen molar-refractivity contribution >= 4 is 29.9 Å². The van der Waals surface area contributed by atoms with Crippen molar-refractivity contribution in [3.63, 3.8) is 0 Å². The van der Waals surface area contributed by atoms with Crippen molar-refractivity contribution in [1.82, 2.24) is 30.0 Å². The Balaban J connectivity index is 1.64. The molecule has 0 bridgehead atoms. The monoisotopic (exact) mass is 394 g/mol. The molecule has 1 aromatic carbocycles. The highest BCUT2D eigenvalue weighted by atomic mass is 19.1. The number of H-pyrrole nitrogens is 1. The maximum absolute atomic E-state index is 13.9. The number of nitrogens with zero attached hydrogens (tertiary/aromatic N) is 6. The molecular weight excluding hydrogens is 371 g/mol. The van der Waals surface area contributed by atoms with Crippen molar-refractivity contribution in [2.45, 2.75) is 6.92 Å². The number of likely N-dealkylation sites (N-methyl/N-ethyl adjacent to an activating group) is 1. The number of aryl methyl sites for hydroxylation is 1. The van der Waals surface area contributed by atoms with E-state index in [9.17, 15) is 4.39 Å². The van der Waals surface area contributed by atoms with Crippen LogP contribution in [0.1, 0.15) is 17.1 Å². The Kier molecular flexibility index (Phi) is 5.48. The van der Waals surface area contributed by atoms with Crippen LogP contribution in [0, 0.1) is 12.7 Å². The zero-order valence-corrected chi connectivity index (χ0v) is 16.4. The number of nitrogens with one attached hydrogen (secondary N) is 2. The third-order valence-electron chi connectivity index (χ3n) is 4.69. The molecule has 0 spiro atoms. The van der Waals surface area contributed by atoms with Crippen LogP contribution in [-0.2, 0) is 0 Å². The minimum absolute atomic E-state index is 0.289. The lowest BCUT2D eigenvalue weighted by atomic mass is 10.2. The van der Waals surface area contributed by atoms with Crippen LogP contribution in [0.4, 0.5) is 22.1 Å². The minimum Gasteiger partial charge on any atom is -0.338 e. The molecule has 3 aromatic rings. The molecule has 0 radical (unpaired) electrons. The van der Waals surface area contributed by atoms with Gasteiger partial charge in [-0.05, 0) is 32.2 Å². The molecule has 150 valence electrons. The fourth-order valence-corrected chi connectivity index (χ4v) is 3.03. The second kappa shape index (κ2) is 8.36. The summed E-state index contributed by atoms with van der Waals surface area (Å²) in [5.41, 5.74) is 1.41. The molecule has 0 saturated carbocycles. The zero-order chi connectivity index (χ0) is 20.2. The largest absolute Gasteiger partial charge is 0.338 e. The van der Waals surface area contributed by atoms with E-state index in [0.717, 1.165) is 31.9 Å². The first-order chi connectivity index (χ1) is 14.1. The summed E-state index contributed by atoms with van der Waals surface area (Å²) in [4.78, 5) is 18.0. The van der Waals surface area contributed by atoms with Gasteiger partial charge in [0, 0.05) is 43.5 Å². The van der Waals surface area contributed by atoms with E-state index in [2.05, 4.69) is 47.3 Å². The lowest BCUT2D eigenvalue weighted by molar-refractivity contribution is 0.311. The number of rotatable bonds is 5. The number of hydrogen-bond donors (Lipinski definition) is 2. The Bertz CT molecular complexity index is 1010. The van der Waals surface area contributed by atoms with Crippen molar-refractivity contribution in [2.75, 3.05) is 43.4 Å². The highest BCUT2D eigenvalue weighted by Crippen LogP contribution is 2.18. The molecule has 3 heterocycles. The van der Waals surface area contributed by atoms with Gasteiger partial charge in [-0.2, -0.15) is 20.1 Å². The second-order valence-corrected chi connectivity index (χ2v) is 7.02. The van der Waals surface area contributed by atoms with Crippen molar-refractivity contribution in [3.05, 3.63) is 53.2 Å². The number of aromatic nitrogens is 5. The highest BCUT2D eigenvalue weighted by molar-refractivity contribution is 5.68. The van der Waals surface area contributed by atoms with Gasteiger partial charge in [-0.25, -0.2) is 4.39 Å². The Hall–Kier alpha value is -3.33. The van der Waals surface area contributed by atoms with E-state index in [1.807, 2.05) is 13.0 Å². The summed E-state index contributed by atoms with van der Waals surface area (Å²) in [6.07, 6.45) is 3.36. The number of hydrogen-bond acceptors (Lipinski definition) is 7. The molecule has 1 aliphatic heterocycles. The molecular formula is C20H23FN8. The topological polar surface area (TPSA) is 85.9 Å². The van der Waals surface area contributed by atoms with Gasteiger partial charge in [-0.15, -0.1) is 0 Å². The quantitative estimate of drug-likeness (QED) is 0.688. The zero-order valence-electron chi connectivity index (χ0n) is 16.4. The summed E-state index contributed by atoms with van der Waals surface area (Å²) in [5, 5.41) is 10.2. The van der Waals surface area contributed by atoms with Crippen LogP contribution >= 0.6 is 0 Å². The van der Waals surface area contributed by atoms with E-state index in [1.165, 1.54) is 6.07 Å². The molecule has 0 aliphatic carbocycles. The highest BCUT2D eigenvalue weighted by Gasteiger charge is 2.18. The van der Waals surface area contributed by atoms with Gasteiger partial charge in [0.2, 0.25) is 11.9 Å². The van der Waals surface area contributed by atoms with E-state index in [1.54, 1.807) is 30.4 Å². The fourth-order valence-electron chi connectivity index (χ4n) is 3.03. The van der Waals surface area contributed by atoms with Gasteiger partial charge in [-0.1, -0.05) is 18.2 Å². The minimum atomic E-state index is -0.289. The molecule has 4 rings (SSSR count). The van der Waals surface area contributed by atoms with E-state index >= 15 is 0 Å². The number of anilines is 3. The maximum atomic E-state index is 13.9. The summed E-state index contributed by atoms with van der Waals surface area (Å²) in [5.74, 6) is 1.78. The van der Waals surface area contributed by atoms with Crippen molar-refractivity contribution in [1.29, 1.82) is 0 Å². The molecule has 29 heavy (non-hydrogen) atoms. The SMILES string of the molecule is Cc1cc(Nc2nc(/C=C/c3ccccc3F)nc(N3CCN(C)CC3)n2)n[nH]1. The predicted octanol–water partition coefficient (Wildman–Crippen LogP) is 2.71. The summed E-state index contributed by atoms with van der Waals surface area (Å²) in [7, 11) is 2.10. The summed E-state index contributed by atoms with van der Waals surface area (Å²) in [6, 6.07) is 8.46. The average Bonchev–Trinajstić information content (AvgIpc) is 3.12. The standard InChI is InChI=1S/C20H23FN8/c1-14-13-18(27-26-14)23-19-22-17(8-7-15-5-3-4-6-16(15)21)24-20(25-19)29-11-9-28(2)10-12-29/h3-8,13H,9-12H2,1-2H3,(H2,22,23,24,25,26,27)/b8-7+. The van der Waals surface area contributed by atoms with Crippen molar-refractivity contribution in [3.8, 4) is 0 Å². The summed E-state index contributed by atoms with van der Waals surface area (Å²) < 4.78 is 13.9. The molecule has 0 atom stereocenters. The Morgan fingerprint density at radius 2 is 1.86 bits per heavy atom. The Labute approximate surface area is 168 Å². The van der Waals surface area contributed by atoms with E-state index < -0.39 is 0 Å². The molecule has 2 N–H and O–H groups in total. The van der Waals surface area contributed by atoms with Gasteiger partial charge in [0.15, 0.2) is 11.6 Å². The molecule has 0 unspecified atom stereocenters. The molecule has 1 saturated heterocycles. The lowest BCUT2D eigenvalue weighted by Crippen LogP contribution is -2.45. The molecule has 1 aliphatic rings. The van der Waals surface area contributed by atoms with Crippen molar-refractivity contribution in [2.24, 2.45) is 0 Å². The number of piperazine rings is 1. The van der Waals surface area contributed by atoms with Crippen LogP contribution in [0.3, 0.4) is 0 Å². The Morgan fingerprint density at radius 1 is 1.07 bits per heavy atom. The van der Waals surface area contributed by atoms with Gasteiger partial charge in [0.25, 0.3) is 0 Å². The average molecular weight is 394 g/mol.